The highest BCUT2D eigenvalue weighted by Crippen LogP contribution is 2.28. The van der Waals surface area contributed by atoms with E-state index in [1.807, 2.05) is 0 Å². The number of likely N-dealkylation sites (tertiary alicyclic amines) is 1. The van der Waals surface area contributed by atoms with Crippen LogP contribution in [0.25, 0.3) is 6.08 Å². The Hall–Kier alpha value is -3.22. The second-order valence-electron chi connectivity index (χ2n) is 6.81. The molecule has 2 aromatic rings. The molecule has 0 aliphatic carbocycles. The Labute approximate surface area is 170 Å². The van der Waals surface area contributed by atoms with Gasteiger partial charge in [-0.2, -0.15) is 0 Å². The van der Waals surface area contributed by atoms with Crippen LogP contribution in [0.5, 0.6) is 11.5 Å². The molecule has 2 amide bonds. The minimum absolute atomic E-state index is 0.145. The molecule has 7 heteroatoms. The number of hydrogen-bond donors (Lipinski definition) is 1. The summed E-state index contributed by atoms with van der Waals surface area (Å²) < 4.78 is 15.8. The zero-order chi connectivity index (χ0) is 20.6. The van der Waals surface area contributed by atoms with Crippen LogP contribution < -0.4 is 14.8 Å². The molecule has 1 aromatic heterocycles. The Bertz CT molecular complexity index is 865. The first-order chi connectivity index (χ1) is 14.1. The molecule has 1 aliphatic rings. The Morgan fingerprint density at radius 3 is 2.38 bits per heavy atom. The molecule has 1 saturated heterocycles. The van der Waals surface area contributed by atoms with Crippen LogP contribution in [0.15, 0.2) is 46.7 Å². The summed E-state index contributed by atoms with van der Waals surface area (Å²) in [4.78, 5) is 27.5. The summed E-state index contributed by atoms with van der Waals surface area (Å²) in [5.74, 6) is 0.600. The van der Waals surface area contributed by atoms with Crippen molar-refractivity contribution >= 4 is 17.9 Å². The van der Waals surface area contributed by atoms with Gasteiger partial charge < -0.3 is 24.1 Å². The third-order valence-electron chi connectivity index (χ3n) is 4.84. The molecule has 0 spiro atoms. The van der Waals surface area contributed by atoms with Crippen LogP contribution in [0.3, 0.4) is 0 Å². The van der Waals surface area contributed by atoms with E-state index in [1.54, 1.807) is 55.5 Å². The number of nitrogens with zero attached hydrogens (tertiary/aromatic N) is 1. The van der Waals surface area contributed by atoms with Gasteiger partial charge in [-0.3, -0.25) is 9.59 Å². The highest BCUT2D eigenvalue weighted by atomic mass is 16.5. The van der Waals surface area contributed by atoms with E-state index >= 15 is 0 Å². The van der Waals surface area contributed by atoms with Crippen molar-refractivity contribution in [2.45, 2.75) is 25.7 Å². The van der Waals surface area contributed by atoms with Gasteiger partial charge in [-0.05, 0) is 48.7 Å². The fourth-order valence-corrected chi connectivity index (χ4v) is 3.30. The number of carbonyl (C=O) groups excluding carboxylic acids is 2. The molecule has 0 unspecified atom stereocenters. The summed E-state index contributed by atoms with van der Waals surface area (Å²) in [6.45, 7) is 1.36. The zero-order valence-corrected chi connectivity index (χ0v) is 16.8. The van der Waals surface area contributed by atoms with Gasteiger partial charge in [0.05, 0.1) is 20.5 Å². The quantitative estimate of drug-likeness (QED) is 0.754. The Morgan fingerprint density at radius 1 is 1.03 bits per heavy atom. The summed E-state index contributed by atoms with van der Waals surface area (Å²) in [7, 11) is 3.11. The molecule has 7 nitrogen and oxygen atoms in total. The van der Waals surface area contributed by atoms with E-state index in [9.17, 15) is 9.59 Å². The second-order valence-corrected chi connectivity index (χ2v) is 6.81. The molecule has 0 atom stereocenters. The van der Waals surface area contributed by atoms with E-state index in [-0.39, 0.29) is 17.4 Å². The van der Waals surface area contributed by atoms with E-state index in [1.165, 1.54) is 6.26 Å². The van der Waals surface area contributed by atoms with Gasteiger partial charge in [0.15, 0.2) is 17.3 Å². The maximum Gasteiger partial charge on any atom is 0.291 e. The van der Waals surface area contributed by atoms with Crippen LogP contribution in [0.2, 0.25) is 0 Å². The summed E-state index contributed by atoms with van der Waals surface area (Å²) in [6.07, 6.45) is 7.21. The molecule has 0 saturated carbocycles. The van der Waals surface area contributed by atoms with E-state index in [0.717, 1.165) is 25.7 Å². The summed E-state index contributed by atoms with van der Waals surface area (Å²) >= 11 is 0. The Balaban J connectivity index is 1.91. The number of rotatable bonds is 6. The molecule has 0 bridgehead atoms. The molecule has 0 radical (unpaired) electrons. The maximum absolute atomic E-state index is 13.2. The molecule has 2 heterocycles. The van der Waals surface area contributed by atoms with Crippen LogP contribution in [0.1, 0.15) is 41.8 Å². The fourth-order valence-electron chi connectivity index (χ4n) is 3.30. The van der Waals surface area contributed by atoms with Crippen molar-refractivity contribution in [3.05, 3.63) is 53.6 Å². The summed E-state index contributed by atoms with van der Waals surface area (Å²) in [5.41, 5.74) is 0.904. The predicted molar refractivity (Wildman–Crippen MR) is 109 cm³/mol. The monoisotopic (exact) mass is 398 g/mol. The SMILES string of the molecule is COc1ccc(/C=C(\NC(=O)c2ccco2)C(=O)N2CCCCCC2)cc1OC. The normalized spacial score (nSPS) is 14.8. The summed E-state index contributed by atoms with van der Waals surface area (Å²) in [6, 6.07) is 8.50. The molecule has 154 valence electrons. The molecule has 1 fully saturated rings. The topological polar surface area (TPSA) is 81.0 Å². The molecule has 29 heavy (non-hydrogen) atoms. The third kappa shape index (κ3) is 5.19. The average Bonchev–Trinajstić information content (AvgIpc) is 3.15. The largest absolute Gasteiger partial charge is 0.493 e. The van der Waals surface area contributed by atoms with Crippen molar-refractivity contribution < 1.29 is 23.5 Å². The first-order valence-corrected chi connectivity index (χ1v) is 9.70. The molecular weight excluding hydrogens is 372 g/mol. The first-order valence-electron chi connectivity index (χ1n) is 9.70. The van der Waals surface area contributed by atoms with E-state index < -0.39 is 5.91 Å². The lowest BCUT2D eigenvalue weighted by molar-refractivity contribution is -0.127. The van der Waals surface area contributed by atoms with Crippen LogP contribution in [0.4, 0.5) is 0 Å². The van der Waals surface area contributed by atoms with Crippen LogP contribution in [-0.2, 0) is 4.79 Å². The maximum atomic E-state index is 13.2. The zero-order valence-electron chi connectivity index (χ0n) is 16.8. The second kappa shape index (κ2) is 9.82. The molecule has 1 aliphatic heterocycles. The standard InChI is InChI=1S/C22H26N2O5/c1-27-18-10-9-16(15-20(18)28-2)14-17(23-21(25)19-8-7-13-29-19)22(26)24-11-5-3-4-6-12-24/h7-10,13-15H,3-6,11-12H2,1-2H3,(H,23,25)/b17-14-. The van der Waals surface area contributed by atoms with Gasteiger partial charge in [-0.1, -0.05) is 18.9 Å². The van der Waals surface area contributed by atoms with Crippen LogP contribution in [-0.4, -0.2) is 44.0 Å². The molecular formula is C22H26N2O5. The van der Waals surface area contributed by atoms with Gasteiger partial charge in [0.2, 0.25) is 0 Å². The number of nitrogens with one attached hydrogen (secondary N) is 1. The average molecular weight is 398 g/mol. The molecule has 3 rings (SSSR count). The first kappa shape index (κ1) is 20.5. The van der Waals surface area contributed by atoms with Gasteiger partial charge in [0, 0.05) is 13.1 Å². The lowest BCUT2D eigenvalue weighted by Crippen LogP contribution is -2.38. The van der Waals surface area contributed by atoms with E-state index in [4.69, 9.17) is 13.9 Å². The lowest BCUT2D eigenvalue weighted by atomic mass is 10.1. The van der Waals surface area contributed by atoms with Crippen molar-refractivity contribution in [3.63, 3.8) is 0 Å². The number of methoxy groups -OCH3 is 2. The van der Waals surface area contributed by atoms with Crippen molar-refractivity contribution in [2.24, 2.45) is 0 Å². The molecule has 1 N–H and O–H groups in total. The number of hydrogen-bond acceptors (Lipinski definition) is 5. The van der Waals surface area contributed by atoms with Gasteiger partial charge >= 0.3 is 0 Å². The summed E-state index contributed by atoms with van der Waals surface area (Å²) in [5, 5.41) is 2.72. The molecule has 1 aromatic carbocycles. The van der Waals surface area contributed by atoms with E-state index in [2.05, 4.69) is 5.32 Å². The van der Waals surface area contributed by atoms with Crippen molar-refractivity contribution in [3.8, 4) is 11.5 Å². The minimum atomic E-state index is -0.468. The number of amides is 2. The van der Waals surface area contributed by atoms with Gasteiger partial charge in [-0.25, -0.2) is 0 Å². The third-order valence-corrected chi connectivity index (χ3v) is 4.84. The smallest absolute Gasteiger partial charge is 0.291 e. The van der Waals surface area contributed by atoms with Gasteiger partial charge in [0.25, 0.3) is 11.8 Å². The lowest BCUT2D eigenvalue weighted by Gasteiger charge is -2.22. The fraction of sp³-hybridized carbons (Fsp3) is 0.364. The van der Waals surface area contributed by atoms with Gasteiger partial charge in [0.1, 0.15) is 5.70 Å². The number of ether oxygens (including phenoxy) is 2. The highest BCUT2D eigenvalue weighted by molar-refractivity contribution is 6.04. The number of furan rings is 1. The van der Waals surface area contributed by atoms with Crippen molar-refractivity contribution in [2.75, 3.05) is 27.3 Å². The van der Waals surface area contributed by atoms with Gasteiger partial charge in [-0.15, -0.1) is 0 Å². The highest BCUT2D eigenvalue weighted by Gasteiger charge is 2.22. The minimum Gasteiger partial charge on any atom is -0.493 e. The van der Waals surface area contributed by atoms with Crippen molar-refractivity contribution in [1.29, 1.82) is 0 Å². The van der Waals surface area contributed by atoms with Crippen molar-refractivity contribution in [1.82, 2.24) is 10.2 Å². The van der Waals surface area contributed by atoms with Crippen LogP contribution >= 0.6 is 0 Å². The Morgan fingerprint density at radius 2 is 1.76 bits per heavy atom. The number of benzene rings is 1. The number of carbonyl (C=O) groups is 2. The van der Waals surface area contributed by atoms with Crippen LogP contribution in [0, 0.1) is 0 Å². The Kier molecular flexibility index (Phi) is 6.94. The predicted octanol–water partition coefficient (Wildman–Crippen LogP) is 3.47. The van der Waals surface area contributed by atoms with E-state index in [0.29, 0.717) is 30.2 Å².